The Kier molecular flexibility index (Phi) is 11.7. The lowest BCUT2D eigenvalue weighted by atomic mass is 9.89. The van der Waals surface area contributed by atoms with Crippen LogP contribution in [0.4, 0.5) is 0 Å². The summed E-state index contributed by atoms with van der Waals surface area (Å²) >= 11 is 0. The molecule has 0 heterocycles. The van der Waals surface area contributed by atoms with E-state index >= 15 is 0 Å². The third kappa shape index (κ3) is 9.70. The summed E-state index contributed by atoms with van der Waals surface area (Å²) in [5.74, 6) is -1.29. The maximum atomic E-state index is 10.5. The maximum Gasteiger partial charge on any atom is 0.303 e. The Bertz CT molecular complexity index is 535. The van der Waals surface area contributed by atoms with Gasteiger partial charge in [-0.05, 0) is 38.0 Å². The Morgan fingerprint density at radius 1 is 1.04 bits per heavy atom. The molecule has 152 valence electrons. The molecule has 4 N–H and O–H groups in total. The van der Waals surface area contributed by atoms with Gasteiger partial charge in [-0.2, -0.15) is 0 Å². The number of carboxylic acid groups (broad SMARTS) is 1. The predicted octanol–water partition coefficient (Wildman–Crippen LogP) is 3.38. The fourth-order valence-corrected chi connectivity index (χ4v) is 3.29. The van der Waals surface area contributed by atoms with E-state index in [-0.39, 0.29) is 24.7 Å². The number of aliphatic hydroxyl groups excluding tert-OH is 3. The normalized spacial score (nSPS) is 27.6. The van der Waals surface area contributed by atoms with Crippen molar-refractivity contribution in [1.82, 2.24) is 0 Å². The molecule has 5 atom stereocenters. The van der Waals surface area contributed by atoms with Crippen molar-refractivity contribution in [2.75, 3.05) is 0 Å². The summed E-state index contributed by atoms with van der Waals surface area (Å²) in [6.07, 6.45) is 17.6. The van der Waals surface area contributed by atoms with Gasteiger partial charge in [0.05, 0.1) is 18.3 Å². The van der Waals surface area contributed by atoms with Crippen molar-refractivity contribution in [2.45, 2.75) is 70.2 Å². The quantitative estimate of drug-likeness (QED) is 0.390. The molecular formula is C22H34O5. The van der Waals surface area contributed by atoms with Crippen LogP contribution in [0.2, 0.25) is 0 Å². The first-order chi connectivity index (χ1) is 13.0. The Morgan fingerprint density at radius 2 is 1.67 bits per heavy atom. The topological polar surface area (TPSA) is 98.0 Å². The van der Waals surface area contributed by atoms with Crippen molar-refractivity contribution in [3.63, 3.8) is 0 Å². The van der Waals surface area contributed by atoms with Crippen LogP contribution in [0.1, 0.15) is 51.9 Å². The average Bonchev–Trinajstić information content (AvgIpc) is 2.89. The standard InChI is InChI=1S/C22H34O5/c1-2-3-4-5-6-7-8-9-10-11-18-19(21(25)16-20(18)24)14-12-17(23)13-15-22(26)27/h3-4,6-7,9-10,12,14,17-21,23-25H,2,5,8,11,13,15-16H2,1H3,(H,26,27). The van der Waals surface area contributed by atoms with Gasteiger partial charge in [0, 0.05) is 18.8 Å². The van der Waals surface area contributed by atoms with Gasteiger partial charge in [-0.25, -0.2) is 0 Å². The van der Waals surface area contributed by atoms with Gasteiger partial charge >= 0.3 is 5.97 Å². The summed E-state index contributed by atoms with van der Waals surface area (Å²) in [4.78, 5) is 10.5. The van der Waals surface area contributed by atoms with Crippen molar-refractivity contribution in [3.05, 3.63) is 48.6 Å². The summed E-state index contributed by atoms with van der Waals surface area (Å²) in [5, 5.41) is 38.9. The first-order valence-corrected chi connectivity index (χ1v) is 9.85. The zero-order chi connectivity index (χ0) is 20.1. The van der Waals surface area contributed by atoms with Gasteiger partial charge < -0.3 is 20.4 Å². The number of rotatable bonds is 12. The lowest BCUT2D eigenvalue weighted by Crippen LogP contribution is -2.20. The predicted molar refractivity (Wildman–Crippen MR) is 107 cm³/mol. The van der Waals surface area contributed by atoms with Crippen molar-refractivity contribution >= 4 is 5.97 Å². The second-order valence-corrected chi connectivity index (χ2v) is 7.03. The summed E-state index contributed by atoms with van der Waals surface area (Å²) < 4.78 is 0. The Balaban J connectivity index is 2.47. The molecule has 5 nitrogen and oxygen atoms in total. The molecule has 0 spiro atoms. The molecule has 0 aliphatic heterocycles. The van der Waals surface area contributed by atoms with Crippen LogP contribution in [0.15, 0.2) is 48.6 Å². The fraction of sp³-hybridized carbons (Fsp3) is 0.591. The molecular weight excluding hydrogens is 344 g/mol. The van der Waals surface area contributed by atoms with Crippen LogP contribution in [0, 0.1) is 11.8 Å². The minimum Gasteiger partial charge on any atom is -0.481 e. The molecule has 0 aromatic carbocycles. The third-order valence-electron chi connectivity index (χ3n) is 4.81. The number of hydrogen-bond donors (Lipinski definition) is 4. The number of aliphatic carboxylic acids is 1. The molecule has 1 aliphatic carbocycles. The first-order valence-electron chi connectivity index (χ1n) is 9.85. The SMILES string of the molecule is CCC=CCC=CCC=CCC1C(O)CC(O)C1C=CC(O)CCC(=O)O. The van der Waals surface area contributed by atoms with Gasteiger partial charge in [0.1, 0.15) is 0 Å². The summed E-state index contributed by atoms with van der Waals surface area (Å²) in [6.45, 7) is 2.11. The van der Waals surface area contributed by atoms with Crippen LogP contribution < -0.4 is 0 Å². The highest BCUT2D eigenvalue weighted by Gasteiger charge is 2.39. The Hall–Kier alpha value is -1.69. The second-order valence-electron chi connectivity index (χ2n) is 7.03. The van der Waals surface area contributed by atoms with Crippen molar-refractivity contribution in [3.8, 4) is 0 Å². The van der Waals surface area contributed by atoms with Gasteiger partial charge in [0.25, 0.3) is 0 Å². The van der Waals surface area contributed by atoms with Crippen LogP contribution in [0.5, 0.6) is 0 Å². The number of hydrogen-bond acceptors (Lipinski definition) is 4. The number of aliphatic hydroxyl groups is 3. The van der Waals surface area contributed by atoms with E-state index in [1.165, 1.54) is 6.08 Å². The molecule has 1 fully saturated rings. The number of carbonyl (C=O) groups is 1. The van der Waals surface area contributed by atoms with Gasteiger partial charge in [-0.3, -0.25) is 4.79 Å². The Morgan fingerprint density at radius 3 is 2.30 bits per heavy atom. The van der Waals surface area contributed by atoms with Crippen LogP contribution in [0.25, 0.3) is 0 Å². The van der Waals surface area contributed by atoms with E-state index in [4.69, 9.17) is 5.11 Å². The van der Waals surface area contributed by atoms with E-state index in [9.17, 15) is 20.1 Å². The molecule has 27 heavy (non-hydrogen) atoms. The van der Waals surface area contributed by atoms with Gasteiger partial charge in [-0.15, -0.1) is 0 Å². The van der Waals surface area contributed by atoms with Crippen LogP contribution in [0.3, 0.4) is 0 Å². The van der Waals surface area contributed by atoms with Crippen LogP contribution >= 0.6 is 0 Å². The highest BCUT2D eigenvalue weighted by Crippen LogP contribution is 2.36. The molecule has 0 aromatic heterocycles. The molecule has 1 aliphatic rings. The molecule has 5 heteroatoms. The first kappa shape index (κ1) is 23.3. The summed E-state index contributed by atoms with van der Waals surface area (Å²) in [7, 11) is 0. The molecule has 0 amide bonds. The van der Waals surface area contributed by atoms with E-state index in [0.717, 1.165) is 19.3 Å². The lowest BCUT2D eigenvalue weighted by molar-refractivity contribution is -0.137. The minimum atomic E-state index is -0.947. The average molecular weight is 379 g/mol. The molecule has 5 unspecified atom stereocenters. The summed E-state index contributed by atoms with van der Waals surface area (Å²) in [5.41, 5.74) is 0. The minimum absolute atomic E-state index is 0.101. The monoisotopic (exact) mass is 378 g/mol. The molecule has 0 saturated heterocycles. The molecule has 0 aromatic rings. The zero-order valence-corrected chi connectivity index (χ0v) is 16.2. The lowest BCUT2D eigenvalue weighted by Gasteiger charge is -2.19. The van der Waals surface area contributed by atoms with Gasteiger partial charge in [0.2, 0.25) is 0 Å². The number of carboxylic acids is 1. The smallest absolute Gasteiger partial charge is 0.303 e. The van der Waals surface area contributed by atoms with Crippen molar-refractivity contribution < 1.29 is 25.2 Å². The fourth-order valence-electron chi connectivity index (χ4n) is 3.29. The van der Waals surface area contributed by atoms with Gasteiger partial charge in [0.15, 0.2) is 0 Å². The molecule has 1 rings (SSSR count). The molecule has 0 radical (unpaired) electrons. The van der Waals surface area contributed by atoms with Gasteiger partial charge in [-0.1, -0.05) is 55.5 Å². The zero-order valence-electron chi connectivity index (χ0n) is 16.2. The van der Waals surface area contributed by atoms with Crippen LogP contribution in [-0.2, 0) is 4.79 Å². The number of allylic oxidation sites excluding steroid dienone is 6. The van der Waals surface area contributed by atoms with E-state index in [1.807, 2.05) is 6.08 Å². The van der Waals surface area contributed by atoms with E-state index < -0.39 is 24.3 Å². The second kappa shape index (κ2) is 13.5. The highest BCUT2D eigenvalue weighted by atomic mass is 16.4. The van der Waals surface area contributed by atoms with Crippen molar-refractivity contribution in [2.24, 2.45) is 11.8 Å². The maximum absolute atomic E-state index is 10.5. The van der Waals surface area contributed by atoms with Crippen molar-refractivity contribution in [1.29, 1.82) is 0 Å². The third-order valence-corrected chi connectivity index (χ3v) is 4.81. The molecule has 1 saturated carbocycles. The Labute approximate surface area is 162 Å². The largest absolute Gasteiger partial charge is 0.481 e. The van der Waals surface area contributed by atoms with E-state index in [1.54, 1.807) is 6.08 Å². The van der Waals surface area contributed by atoms with E-state index in [2.05, 4.69) is 37.3 Å². The van der Waals surface area contributed by atoms with Crippen LogP contribution in [-0.4, -0.2) is 44.7 Å². The highest BCUT2D eigenvalue weighted by molar-refractivity contribution is 5.66. The summed E-state index contributed by atoms with van der Waals surface area (Å²) in [6, 6.07) is 0. The van der Waals surface area contributed by atoms with E-state index in [0.29, 0.717) is 12.8 Å². The molecule has 0 bridgehead atoms.